The lowest BCUT2D eigenvalue weighted by Gasteiger charge is -1.84. The first-order chi connectivity index (χ1) is 2.81. The molecule has 0 aromatic rings. The highest BCUT2D eigenvalue weighted by molar-refractivity contribution is 5.05. The van der Waals surface area contributed by atoms with E-state index in [1.165, 1.54) is 5.57 Å². The monoisotopic (exact) mass is 83.1 g/mol. The predicted molar refractivity (Wildman–Crippen MR) is 29.4 cm³/mol. The van der Waals surface area contributed by atoms with Crippen LogP contribution in [0.1, 0.15) is 20.8 Å². The number of rotatable bonds is 1. The highest BCUT2D eigenvalue weighted by Crippen LogP contribution is 1.92. The SMILES string of the molecule is C[CH]C(C)=CC. The van der Waals surface area contributed by atoms with Crippen molar-refractivity contribution in [1.29, 1.82) is 0 Å². The molecule has 0 amide bonds. The largest absolute Gasteiger partial charge is 0.0884 e. The molecule has 0 aromatic heterocycles. The lowest BCUT2D eigenvalue weighted by Crippen LogP contribution is -1.65. The molecule has 0 unspecified atom stereocenters. The summed E-state index contributed by atoms with van der Waals surface area (Å²) >= 11 is 0. The molecule has 0 aliphatic rings. The van der Waals surface area contributed by atoms with Gasteiger partial charge in [-0.2, -0.15) is 0 Å². The molecule has 6 heavy (non-hydrogen) atoms. The Morgan fingerprint density at radius 2 is 1.83 bits per heavy atom. The Hall–Kier alpha value is -0.260. The average Bonchev–Trinajstić information content (AvgIpc) is 1.65. The van der Waals surface area contributed by atoms with Gasteiger partial charge in [-0.05, 0) is 20.3 Å². The van der Waals surface area contributed by atoms with Crippen LogP contribution in [-0.4, -0.2) is 0 Å². The molecule has 0 aromatic carbocycles. The van der Waals surface area contributed by atoms with Crippen molar-refractivity contribution in [3.63, 3.8) is 0 Å². The Balaban J connectivity index is 3.22. The second-order valence-corrected chi connectivity index (χ2v) is 1.32. The first-order valence-corrected chi connectivity index (χ1v) is 2.23. The lowest BCUT2D eigenvalue weighted by atomic mass is 10.2. The van der Waals surface area contributed by atoms with Gasteiger partial charge in [0.15, 0.2) is 0 Å². The third-order valence-corrected chi connectivity index (χ3v) is 0.911. The van der Waals surface area contributed by atoms with Gasteiger partial charge in [-0.3, -0.25) is 0 Å². The van der Waals surface area contributed by atoms with E-state index in [0.717, 1.165) is 0 Å². The summed E-state index contributed by atoms with van der Waals surface area (Å²) < 4.78 is 0. The van der Waals surface area contributed by atoms with Gasteiger partial charge >= 0.3 is 0 Å². The molecule has 0 fully saturated rings. The zero-order valence-corrected chi connectivity index (χ0v) is 4.65. The second kappa shape index (κ2) is 2.95. The van der Waals surface area contributed by atoms with Gasteiger partial charge < -0.3 is 0 Å². The minimum atomic E-state index is 1.34. The summed E-state index contributed by atoms with van der Waals surface area (Å²) in [5, 5.41) is 0. The Morgan fingerprint density at radius 3 is 1.83 bits per heavy atom. The third kappa shape index (κ3) is 2.01. The molecular formula is C6H11. The molecule has 0 rings (SSSR count). The molecule has 0 bridgehead atoms. The van der Waals surface area contributed by atoms with E-state index >= 15 is 0 Å². The summed E-state index contributed by atoms with van der Waals surface area (Å²) in [6, 6.07) is 0. The summed E-state index contributed by atoms with van der Waals surface area (Å²) in [5.41, 5.74) is 1.34. The Bertz CT molecular complexity index is 51.1. The van der Waals surface area contributed by atoms with Crippen LogP contribution in [-0.2, 0) is 0 Å². The van der Waals surface area contributed by atoms with Crippen LogP contribution in [0.25, 0.3) is 0 Å². The van der Waals surface area contributed by atoms with Crippen molar-refractivity contribution in [3.8, 4) is 0 Å². The van der Waals surface area contributed by atoms with Crippen LogP contribution in [0.15, 0.2) is 11.6 Å². The highest BCUT2D eigenvalue weighted by Gasteiger charge is 1.73. The topological polar surface area (TPSA) is 0 Å². The zero-order valence-electron chi connectivity index (χ0n) is 4.65. The first-order valence-electron chi connectivity index (χ1n) is 2.23. The summed E-state index contributed by atoms with van der Waals surface area (Å²) in [4.78, 5) is 0. The molecule has 0 heteroatoms. The fourth-order valence-corrected chi connectivity index (χ4v) is 0.167. The van der Waals surface area contributed by atoms with Gasteiger partial charge in [-0.1, -0.05) is 18.6 Å². The van der Waals surface area contributed by atoms with Gasteiger partial charge in [0, 0.05) is 0 Å². The normalized spacial score (nSPS) is 12.2. The van der Waals surface area contributed by atoms with Crippen molar-refractivity contribution < 1.29 is 0 Å². The standard InChI is InChI=1S/C6H11/c1-4-6(3)5-2/h4-5H,1-3H3. The third-order valence-electron chi connectivity index (χ3n) is 0.911. The van der Waals surface area contributed by atoms with Crippen LogP contribution < -0.4 is 0 Å². The van der Waals surface area contributed by atoms with Crippen molar-refractivity contribution in [1.82, 2.24) is 0 Å². The van der Waals surface area contributed by atoms with E-state index in [9.17, 15) is 0 Å². The Labute approximate surface area is 39.9 Å². The number of hydrogen-bond acceptors (Lipinski definition) is 0. The fourth-order valence-electron chi connectivity index (χ4n) is 0.167. The summed E-state index contributed by atoms with van der Waals surface area (Å²) in [7, 11) is 0. The predicted octanol–water partition coefficient (Wildman–Crippen LogP) is 2.18. The maximum atomic E-state index is 2.08. The van der Waals surface area contributed by atoms with E-state index in [2.05, 4.69) is 19.4 Å². The van der Waals surface area contributed by atoms with Crippen molar-refractivity contribution in [2.24, 2.45) is 0 Å². The van der Waals surface area contributed by atoms with E-state index in [1.807, 2.05) is 13.8 Å². The van der Waals surface area contributed by atoms with Gasteiger partial charge in [0.25, 0.3) is 0 Å². The molecule has 35 valence electrons. The summed E-state index contributed by atoms with van der Waals surface area (Å²) in [5.74, 6) is 0. The minimum absolute atomic E-state index is 1.34. The van der Waals surface area contributed by atoms with E-state index in [4.69, 9.17) is 0 Å². The fraction of sp³-hybridized carbons (Fsp3) is 0.500. The van der Waals surface area contributed by atoms with Gasteiger partial charge in [-0.25, -0.2) is 0 Å². The van der Waals surface area contributed by atoms with Crippen LogP contribution in [0.2, 0.25) is 0 Å². The Morgan fingerprint density at radius 1 is 1.33 bits per heavy atom. The van der Waals surface area contributed by atoms with Gasteiger partial charge in [0.05, 0.1) is 0 Å². The van der Waals surface area contributed by atoms with E-state index in [-0.39, 0.29) is 0 Å². The first kappa shape index (κ1) is 5.74. The second-order valence-electron chi connectivity index (χ2n) is 1.32. The average molecular weight is 83.2 g/mol. The highest BCUT2D eigenvalue weighted by atomic mass is 13.8. The van der Waals surface area contributed by atoms with Gasteiger partial charge in [0.1, 0.15) is 0 Å². The van der Waals surface area contributed by atoms with Crippen LogP contribution in [0, 0.1) is 6.42 Å². The lowest BCUT2D eigenvalue weighted by molar-refractivity contribution is 1.33. The molecule has 0 aliphatic carbocycles. The van der Waals surface area contributed by atoms with Crippen LogP contribution >= 0.6 is 0 Å². The minimum Gasteiger partial charge on any atom is -0.0884 e. The molecule has 0 N–H and O–H groups in total. The molecule has 0 spiro atoms. The zero-order chi connectivity index (χ0) is 4.99. The molecule has 0 aliphatic heterocycles. The quantitative estimate of drug-likeness (QED) is 0.455. The van der Waals surface area contributed by atoms with Crippen LogP contribution in [0.5, 0.6) is 0 Å². The summed E-state index contributed by atoms with van der Waals surface area (Å²) in [6.07, 6.45) is 4.17. The van der Waals surface area contributed by atoms with Crippen molar-refractivity contribution in [2.45, 2.75) is 20.8 Å². The smallest absolute Gasteiger partial charge is 0.0172 e. The Kier molecular flexibility index (Phi) is 2.82. The van der Waals surface area contributed by atoms with Crippen LogP contribution in [0.3, 0.4) is 0 Å². The van der Waals surface area contributed by atoms with Gasteiger partial charge in [-0.15, -0.1) is 0 Å². The van der Waals surface area contributed by atoms with Gasteiger partial charge in [0.2, 0.25) is 0 Å². The molecule has 0 saturated carbocycles. The maximum absolute atomic E-state index is 2.08. The molecule has 0 saturated heterocycles. The number of allylic oxidation sites excluding steroid dienone is 2. The maximum Gasteiger partial charge on any atom is -0.0172 e. The van der Waals surface area contributed by atoms with E-state index in [1.54, 1.807) is 0 Å². The van der Waals surface area contributed by atoms with Crippen molar-refractivity contribution in [2.75, 3.05) is 0 Å². The molecule has 0 heterocycles. The molecule has 0 atom stereocenters. The molecule has 1 radical (unpaired) electrons. The summed E-state index contributed by atoms with van der Waals surface area (Å²) in [6.45, 7) is 6.16. The van der Waals surface area contributed by atoms with E-state index in [0.29, 0.717) is 0 Å². The van der Waals surface area contributed by atoms with Crippen molar-refractivity contribution in [3.05, 3.63) is 18.1 Å². The number of hydrogen-bond donors (Lipinski definition) is 0. The molecule has 0 nitrogen and oxygen atoms in total. The van der Waals surface area contributed by atoms with Crippen molar-refractivity contribution >= 4 is 0 Å². The van der Waals surface area contributed by atoms with E-state index < -0.39 is 0 Å². The van der Waals surface area contributed by atoms with Crippen LogP contribution in [0.4, 0.5) is 0 Å². The molecular weight excluding hydrogens is 72.1 g/mol.